The topological polar surface area (TPSA) is 49.6 Å². The van der Waals surface area contributed by atoms with Crippen LogP contribution in [0, 0.1) is 19.7 Å². The van der Waals surface area contributed by atoms with Gasteiger partial charge in [-0.3, -0.25) is 4.79 Å². The standard InChI is InChI=1S/C24H25FN4O/c1-17-15-20(18(2)29(17)23-11-7-21(25)8-12-23)16-26-27-24(30)19-5-9-22(10-6-19)28-13-3-4-14-28/h5-12,15-16H,3-4,13-14H2,1-2H3,(H,27,30)/b26-16-. The molecule has 0 radical (unpaired) electrons. The van der Waals surface area contributed by atoms with Crippen molar-refractivity contribution in [1.29, 1.82) is 0 Å². The molecule has 1 aliphatic heterocycles. The van der Waals surface area contributed by atoms with Crippen LogP contribution in [0.5, 0.6) is 0 Å². The Labute approximate surface area is 175 Å². The van der Waals surface area contributed by atoms with Crippen molar-refractivity contribution < 1.29 is 9.18 Å². The van der Waals surface area contributed by atoms with E-state index < -0.39 is 0 Å². The van der Waals surface area contributed by atoms with Crippen LogP contribution >= 0.6 is 0 Å². The number of anilines is 1. The number of hydrogen-bond acceptors (Lipinski definition) is 3. The summed E-state index contributed by atoms with van der Waals surface area (Å²) in [6.07, 6.45) is 4.08. The second-order valence-electron chi connectivity index (χ2n) is 7.58. The molecule has 0 spiro atoms. The van der Waals surface area contributed by atoms with Crippen molar-refractivity contribution in [3.8, 4) is 5.69 Å². The van der Waals surface area contributed by atoms with Crippen LogP contribution in [-0.4, -0.2) is 29.8 Å². The average molecular weight is 404 g/mol. The fourth-order valence-electron chi connectivity index (χ4n) is 3.93. The summed E-state index contributed by atoms with van der Waals surface area (Å²) in [5, 5.41) is 4.13. The largest absolute Gasteiger partial charge is 0.372 e. The molecule has 6 heteroatoms. The second-order valence-corrected chi connectivity index (χ2v) is 7.58. The van der Waals surface area contributed by atoms with Crippen LogP contribution in [0.15, 0.2) is 59.7 Å². The lowest BCUT2D eigenvalue weighted by molar-refractivity contribution is 0.0955. The number of carbonyl (C=O) groups excluding carboxylic acids is 1. The highest BCUT2D eigenvalue weighted by atomic mass is 19.1. The highest BCUT2D eigenvalue weighted by Crippen LogP contribution is 2.21. The maximum Gasteiger partial charge on any atom is 0.271 e. The lowest BCUT2D eigenvalue weighted by Crippen LogP contribution is -2.19. The summed E-state index contributed by atoms with van der Waals surface area (Å²) in [6, 6.07) is 16.0. The summed E-state index contributed by atoms with van der Waals surface area (Å²) in [5.74, 6) is -0.509. The molecule has 154 valence electrons. The Morgan fingerprint density at radius 1 is 1.00 bits per heavy atom. The Morgan fingerprint density at radius 3 is 2.30 bits per heavy atom. The number of benzene rings is 2. The molecule has 0 saturated carbocycles. The Kier molecular flexibility index (Phi) is 5.65. The first-order valence-corrected chi connectivity index (χ1v) is 10.2. The fraction of sp³-hybridized carbons (Fsp3) is 0.250. The summed E-state index contributed by atoms with van der Waals surface area (Å²) < 4.78 is 15.2. The number of halogens is 1. The van der Waals surface area contributed by atoms with Gasteiger partial charge in [0.25, 0.3) is 5.91 Å². The number of carbonyl (C=O) groups is 1. The molecule has 1 N–H and O–H groups in total. The minimum atomic E-state index is -0.265. The van der Waals surface area contributed by atoms with Gasteiger partial charge in [0.2, 0.25) is 0 Å². The zero-order valence-electron chi connectivity index (χ0n) is 17.2. The van der Waals surface area contributed by atoms with Gasteiger partial charge in [0.15, 0.2) is 0 Å². The van der Waals surface area contributed by atoms with E-state index in [0.717, 1.165) is 41.4 Å². The van der Waals surface area contributed by atoms with Gasteiger partial charge in [-0.2, -0.15) is 5.10 Å². The molecule has 4 rings (SSSR count). The number of aryl methyl sites for hydroxylation is 1. The highest BCUT2D eigenvalue weighted by molar-refractivity contribution is 5.95. The van der Waals surface area contributed by atoms with Gasteiger partial charge in [0.1, 0.15) is 5.82 Å². The maximum absolute atomic E-state index is 13.2. The van der Waals surface area contributed by atoms with E-state index in [1.165, 1.54) is 25.0 Å². The van der Waals surface area contributed by atoms with E-state index in [2.05, 4.69) is 15.4 Å². The summed E-state index contributed by atoms with van der Waals surface area (Å²) >= 11 is 0. The van der Waals surface area contributed by atoms with Crippen LogP contribution in [-0.2, 0) is 0 Å². The van der Waals surface area contributed by atoms with Crippen molar-refractivity contribution in [2.24, 2.45) is 5.10 Å². The lowest BCUT2D eigenvalue weighted by atomic mass is 10.2. The van der Waals surface area contributed by atoms with Crippen LogP contribution in [0.25, 0.3) is 5.69 Å². The molecule has 5 nitrogen and oxygen atoms in total. The molecule has 30 heavy (non-hydrogen) atoms. The van der Waals surface area contributed by atoms with Gasteiger partial charge >= 0.3 is 0 Å². The first-order chi connectivity index (χ1) is 14.5. The molecule has 1 aromatic heterocycles. The Morgan fingerprint density at radius 2 is 1.63 bits per heavy atom. The molecule has 1 fully saturated rings. The fourth-order valence-corrected chi connectivity index (χ4v) is 3.93. The third kappa shape index (κ3) is 4.13. The zero-order chi connectivity index (χ0) is 21.1. The van der Waals surface area contributed by atoms with Gasteiger partial charge < -0.3 is 9.47 Å². The molecule has 1 aliphatic rings. The maximum atomic E-state index is 13.2. The molecule has 0 aliphatic carbocycles. The first-order valence-electron chi connectivity index (χ1n) is 10.2. The van der Waals surface area contributed by atoms with E-state index in [4.69, 9.17) is 0 Å². The molecular formula is C24H25FN4O. The van der Waals surface area contributed by atoms with Crippen molar-refractivity contribution in [3.05, 3.63) is 82.9 Å². The van der Waals surface area contributed by atoms with Crippen molar-refractivity contribution in [2.45, 2.75) is 26.7 Å². The number of rotatable bonds is 5. The molecule has 1 amide bonds. The van der Waals surface area contributed by atoms with Gasteiger partial charge in [0, 0.05) is 47.0 Å². The zero-order valence-corrected chi connectivity index (χ0v) is 17.2. The number of hydrazone groups is 1. The molecule has 2 heterocycles. The third-order valence-corrected chi connectivity index (χ3v) is 5.53. The van der Waals surface area contributed by atoms with E-state index in [0.29, 0.717) is 5.56 Å². The van der Waals surface area contributed by atoms with Crippen molar-refractivity contribution in [3.63, 3.8) is 0 Å². The van der Waals surface area contributed by atoms with Crippen LogP contribution < -0.4 is 10.3 Å². The number of hydrogen-bond donors (Lipinski definition) is 1. The number of nitrogens with zero attached hydrogens (tertiary/aromatic N) is 3. The van der Waals surface area contributed by atoms with Crippen molar-refractivity contribution >= 4 is 17.8 Å². The summed E-state index contributed by atoms with van der Waals surface area (Å²) in [4.78, 5) is 14.7. The summed E-state index contributed by atoms with van der Waals surface area (Å²) in [6.45, 7) is 6.10. The molecule has 0 atom stereocenters. The van der Waals surface area contributed by atoms with E-state index >= 15 is 0 Å². The van der Waals surface area contributed by atoms with Crippen molar-refractivity contribution in [2.75, 3.05) is 18.0 Å². The van der Waals surface area contributed by atoms with Gasteiger partial charge in [0.05, 0.1) is 6.21 Å². The van der Waals surface area contributed by atoms with E-state index in [9.17, 15) is 9.18 Å². The Balaban J connectivity index is 1.43. The molecule has 0 unspecified atom stereocenters. The predicted molar refractivity (Wildman–Crippen MR) is 118 cm³/mol. The monoisotopic (exact) mass is 404 g/mol. The third-order valence-electron chi connectivity index (χ3n) is 5.53. The van der Waals surface area contributed by atoms with Crippen LogP contribution in [0.2, 0.25) is 0 Å². The molecule has 0 bridgehead atoms. The first kappa shape index (κ1) is 19.9. The minimum Gasteiger partial charge on any atom is -0.372 e. The van der Waals surface area contributed by atoms with Crippen LogP contribution in [0.3, 0.4) is 0 Å². The summed E-state index contributed by atoms with van der Waals surface area (Å²) in [5.41, 5.74) is 8.07. The molecular weight excluding hydrogens is 379 g/mol. The number of amides is 1. The van der Waals surface area contributed by atoms with Gasteiger partial charge in [-0.15, -0.1) is 0 Å². The molecule has 1 saturated heterocycles. The average Bonchev–Trinajstić information content (AvgIpc) is 3.38. The quantitative estimate of drug-likeness (QED) is 0.499. The number of nitrogens with one attached hydrogen (secondary N) is 1. The molecule has 2 aromatic carbocycles. The van der Waals surface area contributed by atoms with Gasteiger partial charge in [-0.05, 0) is 81.3 Å². The van der Waals surface area contributed by atoms with Gasteiger partial charge in [-0.1, -0.05) is 0 Å². The normalized spacial score (nSPS) is 13.9. The lowest BCUT2D eigenvalue weighted by Gasteiger charge is -2.17. The van der Waals surface area contributed by atoms with E-state index in [-0.39, 0.29) is 11.7 Å². The summed E-state index contributed by atoms with van der Waals surface area (Å²) in [7, 11) is 0. The highest BCUT2D eigenvalue weighted by Gasteiger charge is 2.13. The second kappa shape index (κ2) is 8.53. The van der Waals surface area contributed by atoms with Gasteiger partial charge in [-0.25, -0.2) is 9.82 Å². The predicted octanol–water partition coefficient (Wildman–Crippen LogP) is 4.60. The van der Waals surface area contributed by atoms with E-state index in [1.807, 2.05) is 48.7 Å². The Hall–Kier alpha value is -3.41. The van der Waals surface area contributed by atoms with Crippen LogP contribution in [0.1, 0.15) is 40.2 Å². The Bertz CT molecular complexity index is 1060. The minimum absolute atomic E-state index is 0.244. The van der Waals surface area contributed by atoms with E-state index in [1.54, 1.807) is 18.3 Å². The SMILES string of the molecule is Cc1cc(/C=N\NC(=O)c2ccc(N3CCCC3)cc2)c(C)n1-c1ccc(F)cc1. The van der Waals surface area contributed by atoms with Crippen molar-refractivity contribution in [1.82, 2.24) is 9.99 Å². The smallest absolute Gasteiger partial charge is 0.271 e. The molecule has 3 aromatic rings. The number of aromatic nitrogens is 1. The van der Waals surface area contributed by atoms with Crippen LogP contribution in [0.4, 0.5) is 10.1 Å².